The normalized spacial score (nSPS) is 18.4. The van der Waals surface area contributed by atoms with Crippen LogP contribution in [0.3, 0.4) is 0 Å². The molecule has 1 fully saturated rings. The number of nitrogens with zero attached hydrogens (tertiary/aromatic N) is 1. The van der Waals surface area contributed by atoms with Gasteiger partial charge >= 0.3 is 0 Å². The summed E-state index contributed by atoms with van der Waals surface area (Å²) < 4.78 is 0. The molecular formula is C14H23N3OS. The van der Waals surface area contributed by atoms with Crippen LogP contribution in [0.25, 0.3) is 0 Å². The van der Waals surface area contributed by atoms with E-state index in [0.717, 1.165) is 12.8 Å². The number of carbonyl (C=O) groups is 1. The fourth-order valence-electron chi connectivity index (χ4n) is 2.35. The minimum absolute atomic E-state index is 0.00363. The molecule has 2 rings (SSSR count). The molecule has 1 amide bonds. The fraction of sp³-hybridized carbons (Fsp3) is 0.643. The van der Waals surface area contributed by atoms with E-state index in [9.17, 15) is 4.79 Å². The Labute approximate surface area is 119 Å². The lowest BCUT2D eigenvalue weighted by atomic mass is 10.0. The van der Waals surface area contributed by atoms with Crippen molar-refractivity contribution in [2.75, 3.05) is 13.6 Å². The van der Waals surface area contributed by atoms with Crippen LogP contribution < -0.4 is 11.1 Å². The van der Waals surface area contributed by atoms with Gasteiger partial charge in [0.2, 0.25) is 5.91 Å². The molecule has 1 saturated carbocycles. The Kier molecular flexibility index (Phi) is 4.60. The van der Waals surface area contributed by atoms with Crippen LogP contribution in [-0.4, -0.2) is 36.5 Å². The van der Waals surface area contributed by atoms with Crippen molar-refractivity contribution in [2.24, 2.45) is 5.73 Å². The highest BCUT2D eigenvalue weighted by atomic mass is 32.1. The highest BCUT2D eigenvalue weighted by Gasteiger charge is 2.28. The maximum Gasteiger partial charge on any atom is 0.234 e. The van der Waals surface area contributed by atoms with E-state index in [2.05, 4.69) is 28.6 Å². The molecule has 4 nitrogen and oxygen atoms in total. The van der Waals surface area contributed by atoms with Crippen molar-refractivity contribution >= 4 is 17.2 Å². The van der Waals surface area contributed by atoms with E-state index in [1.165, 1.54) is 10.4 Å². The number of hydrogen-bond acceptors (Lipinski definition) is 4. The molecule has 0 radical (unpaired) electrons. The van der Waals surface area contributed by atoms with Gasteiger partial charge in [0.1, 0.15) is 0 Å². The van der Waals surface area contributed by atoms with Gasteiger partial charge in [-0.15, -0.1) is 11.3 Å². The van der Waals surface area contributed by atoms with Gasteiger partial charge in [0.25, 0.3) is 0 Å². The third-order valence-electron chi connectivity index (χ3n) is 3.48. The van der Waals surface area contributed by atoms with Crippen LogP contribution in [0.4, 0.5) is 0 Å². The number of aryl methyl sites for hydroxylation is 1. The molecule has 0 aromatic carbocycles. The summed E-state index contributed by atoms with van der Waals surface area (Å²) in [5.41, 5.74) is 7.37. The van der Waals surface area contributed by atoms with Gasteiger partial charge in [0.15, 0.2) is 0 Å². The predicted molar refractivity (Wildman–Crippen MR) is 79.2 cm³/mol. The Balaban J connectivity index is 2.01. The lowest BCUT2D eigenvalue weighted by Crippen LogP contribution is -2.43. The number of nitrogens with two attached hydrogens (primary N) is 1. The first-order valence-electron chi connectivity index (χ1n) is 6.78. The van der Waals surface area contributed by atoms with Crippen LogP contribution >= 0.6 is 11.3 Å². The molecule has 0 bridgehead atoms. The molecule has 5 heteroatoms. The summed E-state index contributed by atoms with van der Waals surface area (Å²) in [5, 5.41) is 5.10. The number of rotatable bonds is 6. The second-order valence-electron chi connectivity index (χ2n) is 5.53. The highest BCUT2D eigenvalue weighted by Crippen LogP contribution is 2.29. The number of hydrogen-bond donors (Lipinski definition) is 2. The van der Waals surface area contributed by atoms with E-state index in [-0.39, 0.29) is 18.0 Å². The SMILES string of the molecule is Cc1ccsc1C(C(C)N)N(C)CC(=O)NC1CC1. The Morgan fingerprint density at radius 2 is 2.32 bits per heavy atom. The molecule has 1 aromatic rings. The van der Waals surface area contributed by atoms with Crippen LogP contribution in [-0.2, 0) is 4.79 Å². The molecule has 0 saturated heterocycles. The van der Waals surface area contributed by atoms with Crippen LogP contribution in [0.5, 0.6) is 0 Å². The Morgan fingerprint density at radius 1 is 1.63 bits per heavy atom. The maximum atomic E-state index is 11.9. The summed E-state index contributed by atoms with van der Waals surface area (Å²) in [6, 6.07) is 2.62. The minimum Gasteiger partial charge on any atom is -0.352 e. The standard InChI is InChI=1S/C14H23N3OS/c1-9-6-7-19-14(9)13(10(2)15)17(3)8-12(18)16-11-4-5-11/h6-7,10-11,13H,4-5,8,15H2,1-3H3,(H,16,18). The highest BCUT2D eigenvalue weighted by molar-refractivity contribution is 7.10. The van der Waals surface area contributed by atoms with E-state index in [4.69, 9.17) is 5.73 Å². The third kappa shape index (κ3) is 3.78. The topological polar surface area (TPSA) is 58.4 Å². The van der Waals surface area contributed by atoms with Crippen molar-refractivity contribution in [2.45, 2.75) is 44.8 Å². The summed E-state index contributed by atoms with van der Waals surface area (Å²) in [7, 11) is 1.97. The predicted octanol–water partition coefficient (Wildman–Crippen LogP) is 1.66. The largest absolute Gasteiger partial charge is 0.352 e. The van der Waals surface area contributed by atoms with Crippen molar-refractivity contribution < 1.29 is 4.79 Å². The fourth-order valence-corrected chi connectivity index (χ4v) is 3.56. The average molecular weight is 281 g/mol. The van der Waals surface area contributed by atoms with Gasteiger partial charge in [0.05, 0.1) is 12.6 Å². The molecular weight excluding hydrogens is 258 g/mol. The van der Waals surface area contributed by atoms with Crippen molar-refractivity contribution in [3.05, 3.63) is 21.9 Å². The first kappa shape index (κ1) is 14.5. The van der Waals surface area contributed by atoms with E-state index < -0.39 is 0 Å². The first-order chi connectivity index (χ1) is 8.99. The van der Waals surface area contributed by atoms with Gasteiger partial charge in [-0.1, -0.05) is 0 Å². The van der Waals surface area contributed by atoms with Crippen LogP contribution in [0.1, 0.15) is 36.2 Å². The lowest BCUT2D eigenvalue weighted by Gasteiger charge is -2.30. The lowest BCUT2D eigenvalue weighted by molar-refractivity contribution is -0.122. The summed E-state index contributed by atoms with van der Waals surface area (Å²) >= 11 is 1.71. The zero-order chi connectivity index (χ0) is 14.0. The van der Waals surface area contributed by atoms with Gasteiger partial charge in [-0.05, 0) is 50.7 Å². The Morgan fingerprint density at radius 3 is 2.79 bits per heavy atom. The minimum atomic E-state index is -0.00363. The van der Waals surface area contributed by atoms with E-state index in [1.807, 2.05) is 14.0 Å². The monoisotopic (exact) mass is 281 g/mol. The molecule has 2 unspecified atom stereocenters. The zero-order valence-electron chi connectivity index (χ0n) is 11.8. The van der Waals surface area contributed by atoms with Crippen LogP contribution in [0.2, 0.25) is 0 Å². The molecule has 0 spiro atoms. The summed E-state index contributed by atoms with van der Waals surface area (Å²) in [5.74, 6) is 0.102. The summed E-state index contributed by atoms with van der Waals surface area (Å²) in [4.78, 5) is 15.2. The van der Waals surface area contributed by atoms with Crippen molar-refractivity contribution in [1.82, 2.24) is 10.2 Å². The quantitative estimate of drug-likeness (QED) is 0.833. The number of thiophene rings is 1. The average Bonchev–Trinajstić information content (AvgIpc) is 3.01. The second kappa shape index (κ2) is 6.03. The smallest absolute Gasteiger partial charge is 0.234 e. The molecule has 1 aliphatic carbocycles. The molecule has 106 valence electrons. The van der Waals surface area contributed by atoms with Gasteiger partial charge in [-0.3, -0.25) is 9.69 Å². The van der Waals surface area contributed by atoms with Crippen molar-refractivity contribution in [3.63, 3.8) is 0 Å². The van der Waals surface area contributed by atoms with Gasteiger partial charge < -0.3 is 11.1 Å². The molecule has 1 heterocycles. The van der Waals surface area contributed by atoms with E-state index in [0.29, 0.717) is 12.6 Å². The maximum absolute atomic E-state index is 11.9. The van der Waals surface area contributed by atoms with E-state index >= 15 is 0 Å². The zero-order valence-corrected chi connectivity index (χ0v) is 12.7. The Bertz CT molecular complexity index is 440. The molecule has 19 heavy (non-hydrogen) atoms. The molecule has 0 aliphatic heterocycles. The van der Waals surface area contributed by atoms with Gasteiger partial charge in [-0.2, -0.15) is 0 Å². The number of nitrogens with one attached hydrogen (secondary N) is 1. The van der Waals surface area contributed by atoms with Gasteiger partial charge in [-0.25, -0.2) is 0 Å². The third-order valence-corrected chi connectivity index (χ3v) is 4.57. The number of likely N-dealkylation sites (N-methyl/N-ethyl adjacent to an activating group) is 1. The number of amides is 1. The van der Waals surface area contributed by atoms with Crippen LogP contribution in [0, 0.1) is 6.92 Å². The summed E-state index contributed by atoms with van der Waals surface area (Å²) in [6.45, 7) is 4.50. The number of carbonyl (C=O) groups excluding carboxylic acids is 1. The molecule has 2 atom stereocenters. The Hall–Kier alpha value is -0.910. The van der Waals surface area contributed by atoms with Crippen LogP contribution in [0.15, 0.2) is 11.4 Å². The molecule has 3 N–H and O–H groups in total. The van der Waals surface area contributed by atoms with Crippen molar-refractivity contribution in [1.29, 1.82) is 0 Å². The molecule has 1 aromatic heterocycles. The van der Waals surface area contributed by atoms with Crippen molar-refractivity contribution in [3.8, 4) is 0 Å². The first-order valence-corrected chi connectivity index (χ1v) is 7.66. The van der Waals surface area contributed by atoms with Gasteiger partial charge in [0, 0.05) is 17.0 Å². The van der Waals surface area contributed by atoms with E-state index in [1.54, 1.807) is 11.3 Å². The molecule has 1 aliphatic rings. The summed E-state index contributed by atoms with van der Waals surface area (Å²) in [6.07, 6.45) is 2.24. The second-order valence-corrected chi connectivity index (χ2v) is 6.48.